The van der Waals surface area contributed by atoms with Crippen LogP contribution >= 0.6 is 11.3 Å². The van der Waals surface area contributed by atoms with Gasteiger partial charge in [-0.05, 0) is 30.9 Å². The van der Waals surface area contributed by atoms with Crippen LogP contribution < -0.4 is 5.32 Å². The lowest BCUT2D eigenvalue weighted by atomic mass is 10.3. The summed E-state index contributed by atoms with van der Waals surface area (Å²) in [7, 11) is 0. The maximum atomic E-state index is 12.0. The van der Waals surface area contributed by atoms with Gasteiger partial charge in [0.1, 0.15) is 0 Å². The van der Waals surface area contributed by atoms with Crippen LogP contribution in [-0.4, -0.2) is 24.0 Å². The first-order valence-corrected chi connectivity index (χ1v) is 7.23. The minimum absolute atomic E-state index is 0.0275. The lowest BCUT2D eigenvalue weighted by Gasteiger charge is -2.22. The second kappa shape index (κ2) is 6.99. The third-order valence-corrected chi connectivity index (χ3v) is 3.71. The third-order valence-electron chi connectivity index (χ3n) is 2.78. The van der Waals surface area contributed by atoms with Crippen LogP contribution in [0.15, 0.2) is 40.5 Å². The summed E-state index contributed by atoms with van der Waals surface area (Å²) in [6.45, 7) is 3.85. The highest BCUT2D eigenvalue weighted by Gasteiger charge is 2.13. The van der Waals surface area contributed by atoms with Gasteiger partial charge < -0.3 is 14.6 Å². The van der Waals surface area contributed by atoms with E-state index in [1.165, 1.54) is 4.88 Å². The van der Waals surface area contributed by atoms with Crippen molar-refractivity contribution in [2.45, 2.75) is 19.9 Å². The lowest BCUT2D eigenvalue weighted by molar-refractivity contribution is 0.196. The monoisotopic (exact) mass is 278 g/mol. The van der Waals surface area contributed by atoms with Crippen molar-refractivity contribution in [3.05, 3.63) is 46.5 Å². The molecule has 0 atom stereocenters. The van der Waals surface area contributed by atoms with Crippen LogP contribution in [0.2, 0.25) is 0 Å². The van der Waals surface area contributed by atoms with Gasteiger partial charge in [0.2, 0.25) is 0 Å². The molecule has 102 valence electrons. The van der Waals surface area contributed by atoms with Crippen LogP contribution in [0.4, 0.5) is 4.79 Å². The molecule has 0 saturated heterocycles. The molecule has 0 unspecified atom stereocenters. The number of urea groups is 1. The van der Waals surface area contributed by atoms with Gasteiger partial charge in [0.25, 0.3) is 0 Å². The predicted octanol–water partition coefficient (Wildman–Crippen LogP) is 3.12. The number of thiophene rings is 1. The first kappa shape index (κ1) is 13.7. The van der Waals surface area contributed by atoms with E-state index in [2.05, 4.69) is 16.8 Å². The Morgan fingerprint density at radius 2 is 2.37 bits per heavy atom. The molecular formula is C14H18N2O2S. The second-order valence-electron chi connectivity index (χ2n) is 4.22. The van der Waals surface area contributed by atoms with E-state index in [0.29, 0.717) is 19.6 Å². The van der Waals surface area contributed by atoms with Gasteiger partial charge in [-0.3, -0.25) is 0 Å². The van der Waals surface area contributed by atoms with Crippen LogP contribution in [-0.2, 0) is 13.0 Å². The quantitative estimate of drug-likeness (QED) is 0.882. The van der Waals surface area contributed by atoms with Crippen molar-refractivity contribution >= 4 is 17.4 Å². The number of nitrogens with one attached hydrogen (secondary N) is 1. The van der Waals surface area contributed by atoms with Crippen LogP contribution in [0.3, 0.4) is 0 Å². The number of carbonyl (C=O) groups excluding carboxylic acids is 1. The molecule has 5 heteroatoms. The SMILES string of the molecule is CCNC(=O)N(CCc1cccs1)Cc1ccoc1. The van der Waals surface area contributed by atoms with Gasteiger partial charge in [-0.15, -0.1) is 11.3 Å². The molecule has 1 N–H and O–H groups in total. The van der Waals surface area contributed by atoms with Crippen molar-refractivity contribution in [2.24, 2.45) is 0 Å². The number of furan rings is 1. The number of nitrogens with zero attached hydrogens (tertiary/aromatic N) is 1. The Bertz CT molecular complexity index is 480. The van der Waals surface area contributed by atoms with Crippen molar-refractivity contribution in [1.82, 2.24) is 10.2 Å². The molecule has 0 aliphatic heterocycles. The van der Waals surface area contributed by atoms with E-state index >= 15 is 0 Å². The zero-order chi connectivity index (χ0) is 13.5. The van der Waals surface area contributed by atoms with Crippen molar-refractivity contribution in [3.63, 3.8) is 0 Å². The van der Waals surface area contributed by atoms with Gasteiger partial charge in [0.15, 0.2) is 0 Å². The average Bonchev–Trinajstić information content (AvgIpc) is 3.08. The highest BCUT2D eigenvalue weighted by Crippen LogP contribution is 2.12. The summed E-state index contributed by atoms with van der Waals surface area (Å²) in [4.78, 5) is 15.1. The largest absolute Gasteiger partial charge is 0.472 e. The minimum atomic E-state index is -0.0275. The molecule has 2 rings (SSSR count). The summed E-state index contributed by atoms with van der Waals surface area (Å²) in [5.41, 5.74) is 1.01. The third kappa shape index (κ3) is 4.13. The van der Waals surface area contributed by atoms with E-state index in [1.807, 2.05) is 24.0 Å². The average molecular weight is 278 g/mol. The summed E-state index contributed by atoms with van der Waals surface area (Å²) in [5.74, 6) is 0. The van der Waals surface area contributed by atoms with Crippen molar-refractivity contribution in [2.75, 3.05) is 13.1 Å². The molecule has 2 aromatic heterocycles. The molecule has 2 heterocycles. The molecule has 0 aliphatic rings. The summed E-state index contributed by atoms with van der Waals surface area (Å²) in [6, 6.07) is 5.99. The van der Waals surface area contributed by atoms with E-state index in [0.717, 1.165) is 12.0 Å². The number of rotatable bonds is 6. The second-order valence-corrected chi connectivity index (χ2v) is 5.25. The van der Waals surface area contributed by atoms with E-state index in [-0.39, 0.29) is 6.03 Å². The minimum Gasteiger partial charge on any atom is -0.472 e. The fraction of sp³-hybridized carbons (Fsp3) is 0.357. The Labute approximate surface area is 117 Å². The van der Waals surface area contributed by atoms with Crippen molar-refractivity contribution in [1.29, 1.82) is 0 Å². The lowest BCUT2D eigenvalue weighted by Crippen LogP contribution is -2.40. The molecule has 0 aliphatic carbocycles. The molecular weight excluding hydrogens is 260 g/mol. The highest BCUT2D eigenvalue weighted by atomic mass is 32.1. The maximum Gasteiger partial charge on any atom is 0.317 e. The molecule has 2 amide bonds. The van der Waals surface area contributed by atoms with Gasteiger partial charge in [-0.2, -0.15) is 0 Å². The van der Waals surface area contributed by atoms with Gasteiger partial charge in [-0.25, -0.2) is 4.79 Å². The van der Waals surface area contributed by atoms with Crippen LogP contribution in [0.1, 0.15) is 17.4 Å². The molecule has 4 nitrogen and oxygen atoms in total. The molecule has 0 radical (unpaired) electrons. The Hall–Kier alpha value is -1.75. The fourth-order valence-corrected chi connectivity index (χ4v) is 2.52. The van der Waals surface area contributed by atoms with Crippen LogP contribution in [0.5, 0.6) is 0 Å². The zero-order valence-corrected chi connectivity index (χ0v) is 11.8. The Balaban J connectivity index is 1.95. The Morgan fingerprint density at radius 3 is 3.00 bits per heavy atom. The first-order chi connectivity index (χ1) is 9.29. The van der Waals surface area contributed by atoms with E-state index in [1.54, 1.807) is 23.9 Å². The number of carbonyl (C=O) groups is 1. The molecule has 0 saturated carbocycles. The topological polar surface area (TPSA) is 45.5 Å². The normalized spacial score (nSPS) is 10.4. The molecule has 0 fully saturated rings. The zero-order valence-electron chi connectivity index (χ0n) is 11.0. The number of amides is 2. The summed E-state index contributed by atoms with van der Waals surface area (Å²) < 4.78 is 5.05. The van der Waals surface area contributed by atoms with Gasteiger partial charge in [0.05, 0.1) is 19.1 Å². The van der Waals surface area contributed by atoms with Crippen molar-refractivity contribution in [3.8, 4) is 0 Å². The Kier molecular flexibility index (Phi) is 5.03. The van der Waals surface area contributed by atoms with E-state index in [9.17, 15) is 4.79 Å². The predicted molar refractivity (Wildman–Crippen MR) is 76.2 cm³/mol. The van der Waals surface area contributed by atoms with Gasteiger partial charge >= 0.3 is 6.03 Å². The fourth-order valence-electron chi connectivity index (χ4n) is 1.82. The number of hydrogen-bond donors (Lipinski definition) is 1. The Morgan fingerprint density at radius 1 is 1.47 bits per heavy atom. The molecule has 0 spiro atoms. The summed E-state index contributed by atoms with van der Waals surface area (Å²) in [6.07, 6.45) is 4.19. The van der Waals surface area contributed by atoms with Crippen molar-refractivity contribution < 1.29 is 9.21 Å². The highest BCUT2D eigenvalue weighted by molar-refractivity contribution is 7.09. The van der Waals surface area contributed by atoms with Gasteiger partial charge in [0, 0.05) is 23.5 Å². The molecule has 19 heavy (non-hydrogen) atoms. The first-order valence-electron chi connectivity index (χ1n) is 6.36. The standard InChI is InChI=1S/C14H18N2O2S/c1-2-15-14(17)16(10-12-6-8-18-11-12)7-5-13-4-3-9-19-13/h3-4,6,8-9,11H,2,5,7,10H2,1H3,(H,15,17). The van der Waals surface area contributed by atoms with Crippen LogP contribution in [0.25, 0.3) is 0 Å². The van der Waals surface area contributed by atoms with E-state index in [4.69, 9.17) is 4.42 Å². The van der Waals surface area contributed by atoms with Gasteiger partial charge in [-0.1, -0.05) is 6.07 Å². The molecule has 0 aromatic carbocycles. The molecule has 0 bridgehead atoms. The number of hydrogen-bond acceptors (Lipinski definition) is 3. The molecule has 2 aromatic rings. The summed E-state index contributed by atoms with van der Waals surface area (Å²) in [5, 5.41) is 4.91. The van der Waals surface area contributed by atoms with Crippen LogP contribution in [0, 0.1) is 0 Å². The maximum absolute atomic E-state index is 12.0. The van der Waals surface area contributed by atoms with E-state index < -0.39 is 0 Å². The summed E-state index contributed by atoms with van der Waals surface area (Å²) >= 11 is 1.72. The smallest absolute Gasteiger partial charge is 0.317 e.